The number of hydrogen-bond donors (Lipinski definition) is 1. The molecule has 166 valence electrons. The van der Waals surface area contributed by atoms with Gasteiger partial charge in [0.25, 0.3) is 0 Å². The first-order chi connectivity index (χ1) is 14.8. The number of nitrogens with one attached hydrogen (secondary N) is 1. The molecule has 2 heterocycles. The predicted octanol–water partition coefficient (Wildman–Crippen LogP) is 5.46. The smallest absolute Gasteiger partial charge is 0.434 e. The molecule has 2 atom stereocenters. The Morgan fingerprint density at radius 2 is 1.87 bits per heavy atom. The summed E-state index contributed by atoms with van der Waals surface area (Å²) in [5.74, 6) is -0.760. The molecule has 0 bridgehead atoms. The van der Waals surface area contributed by atoms with Gasteiger partial charge < -0.3 is 19.5 Å². The summed E-state index contributed by atoms with van der Waals surface area (Å²) >= 11 is 0. The summed E-state index contributed by atoms with van der Waals surface area (Å²) in [6.45, 7) is -2.30. The highest BCUT2D eigenvalue weighted by molar-refractivity contribution is 5.75. The lowest BCUT2D eigenvalue weighted by Gasteiger charge is -2.40. The van der Waals surface area contributed by atoms with Crippen molar-refractivity contribution >= 4 is 5.57 Å². The van der Waals surface area contributed by atoms with Crippen molar-refractivity contribution in [2.45, 2.75) is 37.5 Å². The summed E-state index contributed by atoms with van der Waals surface area (Å²) in [5.41, 5.74) is 0.792. The first kappa shape index (κ1) is 21.6. The van der Waals surface area contributed by atoms with Crippen LogP contribution in [0.25, 0.3) is 5.57 Å². The fraction of sp³-hybridized carbons (Fsp3) is 0.364. The molecule has 1 spiro atoms. The van der Waals surface area contributed by atoms with Crippen LogP contribution in [-0.2, 0) is 4.74 Å². The van der Waals surface area contributed by atoms with E-state index in [1.165, 1.54) is 0 Å². The molecule has 0 amide bonds. The Bertz CT molecular complexity index is 948. The molecular weight excluding hydrogens is 421 g/mol. The zero-order valence-corrected chi connectivity index (χ0v) is 16.3. The average molecular weight is 441 g/mol. The van der Waals surface area contributed by atoms with Crippen LogP contribution in [0.5, 0.6) is 11.5 Å². The number of alkyl halides is 5. The minimum Gasteiger partial charge on any atom is -0.434 e. The van der Waals surface area contributed by atoms with Crippen LogP contribution in [0, 0.1) is 0 Å². The van der Waals surface area contributed by atoms with Crippen LogP contribution in [0.2, 0.25) is 0 Å². The molecule has 1 fully saturated rings. The molecule has 0 radical (unpaired) electrons. The van der Waals surface area contributed by atoms with Gasteiger partial charge in [0.05, 0.1) is 12.6 Å². The van der Waals surface area contributed by atoms with Gasteiger partial charge in [-0.2, -0.15) is 8.78 Å². The average Bonchev–Trinajstić information content (AvgIpc) is 3.12. The molecule has 9 heteroatoms. The van der Waals surface area contributed by atoms with E-state index >= 15 is 0 Å². The maximum absolute atomic E-state index is 12.9. The molecule has 0 aromatic heterocycles. The van der Waals surface area contributed by atoms with Gasteiger partial charge in [-0.1, -0.05) is 30.3 Å². The van der Waals surface area contributed by atoms with Crippen LogP contribution in [0.1, 0.15) is 30.0 Å². The monoisotopic (exact) mass is 441 g/mol. The number of ether oxygens (including phenoxy) is 3. The summed E-state index contributed by atoms with van der Waals surface area (Å²) < 4.78 is 78.5. The number of rotatable bonds is 5. The molecule has 2 aliphatic rings. The van der Waals surface area contributed by atoms with E-state index in [2.05, 4.69) is 14.8 Å². The third kappa shape index (κ3) is 4.83. The van der Waals surface area contributed by atoms with E-state index < -0.39 is 24.3 Å². The second-order valence-corrected chi connectivity index (χ2v) is 7.40. The topological polar surface area (TPSA) is 39.7 Å². The zero-order valence-electron chi connectivity index (χ0n) is 16.3. The highest BCUT2D eigenvalue weighted by Gasteiger charge is 2.45. The normalized spacial score (nSPS) is 23.8. The fourth-order valence-corrected chi connectivity index (χ4v) is 4.19. The summed E-state index contributed by atoms with van der Waals surface area (Å²) in [7, 11) is 0. The summed E-state index contributed by atoms with van der Waals surface area (Å²) in [4.78, 5) is 0. The SMILES string of the molecule is FC(F)Oc1ccc(OC(F)(F)F)cc1C1=C[C@@]2(CCCN[C@H]2c2ccccc2)OC1. The quantitative estimate of drug-likeness (QED) is 0.626. The Balaban J connectivity index is 1.73. The molecule has 0 saturated carbocycles. The van der Waals surface area contributed by atoms with E-state index in [0.29, 0.717) is 12.0 Å². The van der Waals surface area contributed by atoms with E-state index in [1.807, 2.05) is 36.4 Å². The lowest BCUT2D eigenvalue weighted by atomic mass is 9.81. The van der Waals surface area contributed by atoms with Gasteiger partial charge in [0.2, 0.25) is 0 Å². The Morgan fingerprint density at radius 3 is 2.58 bits per heavy atom. The number of halogens is 5. The highest BCUT2D eigenvalue weighted by atomic mass is 19.4. The van der Waals surface area contributed by atoms with E-state index in [-0.39, 0.29) is 24.0 Å². The zero-order chi connectivity index (χ0) is 22.1. The first-order valence-electron chi connectivity index (χ1n) is 9.75. The summed E-state index contributed by atoms with van der Waals surface area (Å²) in [6, 6.07) is 12.5. The molecular formula is C22H20F5NO3. The lowest BCUT2D eigenvalue weighted by molar-refractivity contribution is -0.274. The van der Waals surface area contributed by atoms with Crippen molar-refractivity contribution in [3.8, 4) is 11.5 Å². The molecule has 31 heavy (non-hydrogen) atoms. The molecule has 4 rings (SSSR count). The van der Waals surface area contributed by atoms with E-state index in [1.54, 1.807) is 0 Å². The molecule has 2 aromatic carbocycles. The Kier molecular flexibility index (Phi) is 5.90. The van der Waals surface area contributed by atoms with Crippen LogP contribution >= 0.6 is 0 Å². The van der Waals surface area contributed by atoms with Gasteiger partial charge in [-0.25, -0.2) is 0 Å². The van der Waals surface area contributed by atoms with Gasteiger partial charge in [0.1, 0.15) is 17.1 Å². The lowest BCUT2D eigenvalue weighted by Crippen LogP contribution is -2.47. The maximum atomic E-state index is 12.9. The van der Waals surface area contributed by atoms with Crippen LogP contribution in [0.3, 0.4) is 0 Å². The van der Waals surface area contributed by atoms with Crippen LogP contribution in [0.15, 0.2) is 54.6 Å². The van der Waals surface area contributed by atoms with E-state index in [4.69, 9.17) is 4.74 Å². The summed E-state index contributed by atoms with van der Waals surface area (Å²) in [6.07, 6.45) is -1.60. The van der Waals surface area contributed by atoms with Crippen LogP contribution in [-0.4, -0.2) is 31.7 Å². The van der Waals surface area contributed by atoms with Crippen molar-refractivity contribution in [3.63, 3.8) is 0 Å². The number of piperidine rings is 1. The molecule has 0 aliphatic carbocycles. The van der Waals surface area contributed by atoms with Gasteiger partial charge in [0, 0.05) is 5.56 Å². The van der Waals surface area contributed by atoms with Gasteiger partial charge in [-0.15, -0.1) is 13.2 Å². The van der Waals surface area contributed by atoms with Gasteiger partial charge in [-0.05, 0) is 54.8 Å². The van der Waals surface area contributed by atoms with Gasteiger partial charge in [-0.3, -0.25) is 0 Å². The van der Waals surface area contributed by atoms with E-state index in [0.717, 1.165) is 36.7 Å². The number of benzene rings is 2. The van der Waals surface area contributed by atoms with Crippen LogP contribution < -0.4 is 14.8 Å². The fourth-order valence-electron chi connectivity index (χ4n) is 4.19. The molecule has 0 unspecified atom stereocenters. The Morgan fingerprint density at radius 1 is 1.10 bits per heavy atom. The van der Waals surface area contributed by atoms with Crippen molar-refractivity contribution < 1.29 is 36.2 Å². The third-order valence-corrected chi connectivity index (χ3v) is 5.38. The first-order valence-corrected chi connectivity index (χ1v) is 9.75. The molecule has 2 aliphatic heterocycles. The number of hydrogen-bond acceptors (Lipinski definition) is 4. The largest absolute Gasteiger partial charge is 0.573 e. The second-order valence-electron chi connectivity index (χ2n) is 7.40. The Hall–Kier alpha value is -2.65. The second kappa shape index (κ2) is 8.47. The van der Waals surface area contributed by atoms with Crippen molar-refractivity contribution in [2.75, 3.05) is 13.2 Å². The Labute approximate surface area is 175 Å². The molecule has 4 nitrogen and oxygen atoms in total. The third-order valence-electron chi connectivity index (χ3n) is 5.38. The van der Waals surface area contributed by atoms with Gasteiger partial charge >= 0.3 is 13.0 Å². The highest BCUT2D eigenvalue weighted by Crippen LogP contribution is 2.46. The van der Waals surface area contributed by atoms with Crippen molar-refractivity contribution in [2.24, 2.45) is 0 Å². The van der Waals surface area contributed by atoms with Gasteiger partial charge in [0.15, 0.2) is 0 Å². The minimum atomic E-state index is -4.91. The van der Waals surface area contributed by atoms with E-state index in [9.17, 15) is 22.0 Å². The maximum Gasteiger partial charge on any atom is 0.573 e. The van der Waals surface area contributed by atoms with Crippen molar-refractivity contribution in [1.82, 2.24) is 5.32 Å². The standard InChI is InChI=1S/C22H20F5NO3/c23-20(24)30-18-8-7-16(31-22(25,26)27)11-17(18)15-12-21(29-13-15)9-4-10-28-19(21)14-5-2-1-3-6-14/h1-3,5-8,11-12,19-20,28H,4,9-10,13H2/t19-,21+/m0/s1. The molecule has 1 saturated heterocycles. The van der Waals surface area contributed by atoms with Crippen molar-refractivity contribution in [3.05, 3.63) is 65.7 Å². The van der Waals surface area contributed by atoms with Crippen molar-refractivity contribution in [1.29, 1.82) is 0 Å². The van der Waals surface area contributed by atoms with Crippen LogP contribution in [0.4, 0.5) is 22.0 Å². The molecule has 2 aromatic rings. The summed E-state index contributed by atoms with van der Waals surface area (Å²) in [5, 5.41) is 3.44. The predicted molar refractivity (Wildman–Crippen MR) is 103 cm³/mol. The minimum absolute atomic E-state index is 0.0417. The molecule has 1 N–H and O–H groups in total.